The molecule has 27 heavy (non-hydrogen) atoms. The number of likely N-dealkylation sites (tertiary alicyclic amines) is 1. The van der Waals surface area contributed by atoms with Crippen LogP contribution in [0.5, 0.6) is 0 Å². The van der Waals surface area contributed by atoms with Gasteiger partial charge in [-0.15, -0.1) is 10.2 Å². The minimum Gasteiger partial charge on any atom is -0.339 e. The molecule has 0 spiro atoms. The number of hydrogen-bond acceptors (Lipinski definition) is 6. The van der Waals surface area contributed by atoms with E-state index < -0.39 is 0 Å². The summed E-state index contributed by atoms with van der Waals surface area (Å²) in [5.41, 5.74) is 2.40. The van der Waals surface area contributed by atoms with Crippen molar-refractivity contribution in [3.63, 3.8) is 0 Å². The Kier molecular flexibility index (Phi) is 7.23. The van der Waals surface area contributed by atoms with Crippen molar-refractivity contribution in [2.24, 2.45) is 0 Å². The third-order valence-electron chi connectivity index (χ3n) is 4.66. The molecule has 1 aromatic carbocycles. The van der Waals surface area contributed by atoms with Crippen LogP contribution in [0.3, 0.4) is 0 Å². The molecular weight excluding hydrogens is 380 g/mol. The van der Waals surface area contributed by atoms with Gasteiger partial charge in [0.15, 0.2) is 4.34 Å². The van der Waals surface area contributed by atoms with Gasteiger partial charge in [0.1, 0.15) is 5.51 Å². The Balaban J connectivity index is 1.54. The molecule has 2 heterocycles. The van der Waals surface area contributed by atoms with Crippen molar-refractivity contribution in [1.82, 2.24) is 20.0 Å². The second-order valence-corrected chi connectivity index (χ2v) is 8.53. The van der Waals surface area contributed by atoms with Crippen LogP contribution in [0, 0.1) is 0 Å². The summed E-state index contributed by atoms with van der Waals surface area (Å²) in [6, 6.07) is 9.59. The van der Waals surface area contributed by atoms with Gasteiger partial charge in [0.25, 0.3) is 5.91 Å². The molecular formula is C19H24N4O2S2. The maximum atomic E-state index is 12.7. The van der Waals surface area contributed by atoms with Crippen LogP contribution in [-0.4, -0.2) is 63.2 Å². The Labute approximate surface area is 168 Å². The molecule has 0 radical (unpaired) electrons. The van der Waals surface area contributed by atoms with Crippen LogP contribution < -0.4 is 0 Å². The van der Waals surface area contributed by atoms with Crippen molar-refractivity contribution < 1.29 is 9.59 Å². The number of hydrogen-bond donors (Lipinski definition) is 0. The van der Waals surface area contributed by atoms with Crippen LogP contribution in [0.15, 0.2) is 40.2 Å². The average Bonchev–Trinajstić information content (AvgIpc) is 3.24. The zero-order chi connectivity index (χ0) is 19.1. The number of amides is 2. The quantitative estimate of drug-likeness (QED) is 0.663. The monoisotopic (exact) mass is 404 g/mol. The molecule has 0 bridgehead atoms. The molecule has 3 rings (SSSR count). The lowest BCUT2D eigenvalue weighted by Crippen LogP contribution is -2.49. The fourth-order valence-corrected chi connectivity index (χ4v) is 4.70. The molecule has 1 saturated heterocycles. The van der Waals surface area contributed by atoms with Crippen molar-refractivity contribution in [1.29, 1.82) is 0 Å². The van der Waals surface area contributed by atoms with Gasteiger partial charge in [-0.1, -0.05) is 48.2 Å². The summed E-state index contributed by atoms with van der Waals surface area (Å²) < 4.78 is 0.822. The van der Waals surface area contributed by atoms with Gasteiger partial charge in [-0.25, -0.2) is 0 Å². The van der Waals surface area contributed by atoms with E-state index in [0.717, 1.165) is 35.7 Å². The number of benzene rings is 1. The Morgan fingerprint density at radius 1 is 1.26 bits per heavy atom. The van der Waals surface area contributed by atoms with Crippen molar-refractivity contribution in [3.8, 4) is 0 Å². The van der Waals surface area contributed by atoms with Crippen LogP contribution in [0.25, 0.3) is 0 Å². The average molecular weight is 405 g/mol. The summed E-state index contributed by atoms with van der Waals surface area (Å²) in [5, 5.41) is 7.79. The molecule has 2 amide bonds. The third kappa shape index (κ3) is 5.29. The normalized spacial score (nSPS) is 14.9. The van der Waals surface area contributed by atoms with Gasteiger partial charge in [-0.2, -0.15) is 0 Å². The van der Waals surface area contributed by atoms with E-state index in [4.69, 9.17) is 0 Å². The predicted molar refractivity (Wildman–Crippen MR) is 108 cm³/mol. The first-order valence-electron chi connectivity index (χ1n) is 9.21. The number of rotatable bonds is 7. The van der Waals surface area contributed by atoms with E-state index in [1.165, 1.54) is 23.1 Å². The zero-order valence-electron chi connectivity index (χ0n) is 15.4. The molecule has 8 heteroatoms. The van der Waals surface area contributed by atoms with Gasteiger partial charge in [0, 0.05) is 31.2 Å². The minimum absolute atomic E-state index is 0.0780. The molecule has 1 aliphatic rings. The summed E-state index contributed by atoms with van der Waals surface area (Å²) in [5.74, 6) is 0.609. The van der Waals surface area contributed by atoms with E-state index in [2.05, 4.69) is 17.1 Å². The Morgan fingerprint density at radius 3 is 2.63 bits per heavy atom. The van der Waals surface area contributed by atoms with E-state index >= 15 is 0 Å². The van der Waals surface area contributed by atoms with Crippen molar-refractivity contribution >= 4 is 34.9 Å². The molecule has 1 aliphatic heterocycles. The molecule has 0 N–H and O–H groups in total. The van der Waals surface area contributed by atoms with Crippen LogP contribution in [-0.2, 0) is 4.79 Å². The van der Waals surface area contributed by atoms with Gasteiger partial charge in [-0.3, -0.25) is 9.59 Å². The lowest BCUT2D eigenvalue weighted by atomic mass is 10.0. The number of piperidine rings is 1. The van der Waals surface area contributed by atoms with Crippen LogP contribution in [0.4, 0.5) is 0 Å². The maximum Gasteiger partial charge on any atom is 0.253 e. The molecule has 0 aliphatic carbocycles. The van der Waals surface area contributed by atoms with Crippen molar-refractivity contribution in [2.45, 2.75) is 36.6 Å². The lowest BCUT2D eigenvalue weighted by molar-refractivity contribution is -0.131. The molecule has 1 aromatic heterocycles. The highest BCUT2D eigenvalue weighted by Gasteiger charge is 2.29. The highest BCUT2D eigenvalue weighted by Crippen LogP contribution is 2.23. The topological polar surface area (TPSA) is 66.4 Å². The van der Waals surface area contributed by atoms with Crippen LogP contribution in [0.1, 0.15) is 36.5 Å². The lowest BCUT2D eigenvalue weighted by Gasteiger charge is -2.38. The summed E-state index contributed by atoms with van der Waals surface area (Å²) >= 11 is 2.90. The Hall–Kier alpha value is -1.93. The maximum absolute atomic E-state index is 12.7. The fourth-order valence-electron chi connectivity index (χ4n) is 3.33. The number of nitrogens with zero attached hydrogens (tertiary/aromatic N) is 4. The standard InChI is InChI=1S/C19H24N4O2S2/c1-2-10-23(17(24)13-26-19-21-20-14-27-19)16-8-11-22(12-9-16)18(25)15-6-4-3-5-7-15/h3-7,14,16H,2,8-13H2,1H3. The van der Waals surface area contributed by atoms with E-state index in [1.807, 2.05) is 40.1 Å². The second kappa shape index (κ2) is 9.85. The molecule has 0 atom stereocenters. The first-order valence-corrected chi connectivity index (χ1v) is 11.1. The summed E-state index contributed by atoms with van der Waals surface area (Å²) in [6.45, 7) is 4.23. The van der Waals surface area contributed by atoms with Gasteiger partial charge in [-0.05, 0) is 31.4 Å². The minimum atomic E-state index is 0.0780. The molecule has 0 unspecified atom stereocenters. The van der Waals surface area contributed by atoms with Crippen LogP contribution >= 0.6 is 23.1 Å². The largest absolute Gasteiger partial charge is 0.339 e. The van der Waals surface area contributed by atoms with Gasteiger partial charge in [0.2, 0.25) is 5.91 Å². The van der Waals surface area contributed by atoms with Crippen LogP contribution in [0.2, 0.25) is 0 Å². The molecule has 144 valence electrons. The Bertz CT molecular complexity index is 731. The molecule has 6 nitrogen and oxygen atoms in total. The van der Waals surface area contributed by atoms with E-state index in [9.17, 15) is 9.59 Å². The highest BCUT2D eigenvalue weighted by atomic mass is 32.2. The first kappa shape index (κ1) is 19.8. The number of aromatic nitrogens is 2. The van der Waals surface area contributed by atoms with Gasteiger partial charge in [0.05, 0.1) is 5.75 Å². The molecule has 0 saturated carbocycles. The third-order valence-corrected chi connectivity index (χ3v) is 6.50. The SMILES string of the molecule is CCCN(C(=O)CSc1nncs1)C1CCN(C(=O)c2ccccc2)CC1. The van der Waals surface area contributed by atoms with E-state index in [0.29, 0.717) is 18.8 Å². The van der Waals surface area contributed by atoms with E-state index in [-0.39, 0.29) is 17.9 Å². The van der Waals surface area contributed by atoms with Gasteiger partial charge < -0.3 is 9.80 Å². The smallest absolute Gasteiger partial charge is 0.253 e. The first-order chi connectivity index (χ1) is 13.2. The summed E-state index contributed by atoms with van der Waals surface area (Å²) in [7, 11) is 0. The fraction of sp³-hybridized carbons (Fsp3) is 0.474. The van der Waals surface area contributed by atoms with Crippen molar-refractivity contribution in [2.75, 3.05) is 25.4 Å². The summed E-state index contributed by atoms with van der Waals surface area (Å²) in [6.07, 6.45) is 2.58. The van der Waals surface area contributed by atoms with Crippen molar-refractivity contribution in [3.05, 3.63) is 41.4 Å². The summed E-state index contributed by atoms with van der Waals surface area (Å²) in [4.78, 5) is 29.2. The van der Waals surface area contributed by atoms with E-state index in [1.54, 1.807) is 5.51 Å². The number of carbonyl (C=O) groups excluding carboxylic acids is 2. The Morgan fingerprint density at radius 2 is 2.00 bits per heavy atom. The zero-order valence-corrected chi connectivity index (χ0v) is 17.0. The predicted octanol–water partition coefficient (Wildman–Crippen LogP) is 3.17. The second-order valence-electron chi connectivity index (χ2n) is 6.47. The number of thioether (sulfide) groups is 1. The molecule has 1 fully saturated rings. The molecule has 2 aromatic rings. The van der Waals surface area contributed by atoms with Gasteiger partial charge >= 0.3 is 0 Å². The highest BCUT2D eigenvalue weighted by molar-refractivity contribution is 8.01. The number of carbonyl (C=O) groups is 2.